The highest BCUT2D eigenvalue weighted by Crippen LogP contribution is 2.37. The number of aromatic nitrogens is 2. The van der Waals surface area contributed by atoms with E-state index in [0.717, 1.165) is 31.4 Å². The molecule has 8 nitrogen and oxygen atoms in total. The van der Waals surface area contributed by atoms with Crippen molar-refractivity contribution in [3.8, 4) is 11.5 Å². The number of nitrogens with zero attached hydrogens (tertiary/aromatic N) is 2. The summed E-state index contributed by atoms with van der Waals surface area (Å²) in [7, 11) is -3.10. The SMILES string of the molecule is CC(C)(C)[Si](C)(C)OCCCCBr.CC(C)(C)[Si](C)(C)OCCCCOc1cccnc1CO.OCc1ncccc1O. The van der Waals surface area contributed by atoms with Gasteiger partial charge in [-0.15, -0.1) is 0 Å². The Morgan fingerprint density at radius 3 is 1.56 bits per heavy atom. The van der Waals surface area contributed by atoms with Gasteiger partial charge in [0.05, 0.1) is 19.8 Å². The molecule has 2 heterocycles. The van der Waals surface area contributed by atoms with Gasteiger partial charge in [0.15, 0.2) is 16.6 Å². The van der Waals surface area contributed by atoms with Crippen LogP contribution >= 0.6 is 15.9 Å². The molecule has 0 radical (unpaired) electrons. The van der Waals surface area contributed by atoms with Gasteiger partial charge in [0.1, 0.15) is 22.9 Å². The topological polar surface area (TPSA) is 114 Å². The number of unbranched alkanes of at least 4 members (excludes halogenated alkanes) is 2. The lowest BCUT2D eigenvalue weighted by molar-refractivity contribution is 0.239. The monoisotopic (exact) mass is 702 g/mol. The van der Waals surface area contributed by atoms with E-state index >= 15 is 0 Å². The number of hydrogen-bond donors (Lipinski definition) is 3. The number of aliphatic hydroxyl groups is 2. The van der Waals surface area contributed by atoms with E-state index in [2.05, 4.69) is 93.6 Å². The van der Waals surface area contributed by atoms with E-state index in [-0.39, 0.29) is 24.0 Å². The minimum atomic E-state index is -1.63. The smallest absolute Gasteiger partial charge is 0.191 e. The molecule has 2 rings (SSSR count). The summed E-state index contributed by atoms with van der Waals surface area (Å²) >= 11 is 3.43. The van der Waals surface area contributed by atoms with Gasteiger partial charge in [0.2, 0.25) is 0 Å². The van der Waals surface area contributed by atoms with Gasteiger partial charge in [-0.05, 0) is 86.2 Å². The highest BCUT2D eigenvalue weighted by atomic mass is 79.9. The summed E-state index contributed by atoms with van der Waals surface area (Å²) in [5, 5.41) is 28.2. The number of rotatable bonds is 14. The maximum Gasteiger partial charge on any atom is 0.191 e. The first kappa shape index (κ1) is 41.7. The maximum atomic E-state index is 9.17. The van der Waals surface area contributed by atoms with Crippen LogP contribution in [0.2, 0.25) is 36.3 Å². The minimum Gasteiger partial charge on any atom is -0.506 e. The Morgan fingerprint density at radius 2 is 1.14 bits per heavy atom. The zero-order chi connectivity index (χ0) is 33.2. The van der Waals surface area contributed by atoms with E-state index in [9.17, 15) is 0 Å². The second-order valence-electron chi connectivity index (χ2n) is 13.4. The molecule has 0 saturated carbocycles. The van der Waals surface area contributed by atoms with E-state index in [1.54, 1.807) is 12.3 Å². The van der Waals surface area contributed by atoms with Gasteiger partial charge in [-0.1, -0.05) is 57.5 Å². The minimum absolute atomic E-state index is 0.0417. The maximum absolute atomic E-state index is 9.17. The lowest BCUT2D eigenvalue weighted by Gasteiger charge is -2.36. The average Bonchev–Trinajstić information content (AvgIpc) is 2.93. The molecule has 3 N–H and O–H groups in total. The number of aromatic hydroxyl groups is 1. The van der Waals surface area contributed by atoms with Crippen molar-refractivity contribution in [1.82, 2.24) is 9.97 Å². The van der Waals surface area contributed by atoms with Crippen molar-refractivity contribution in [2.24, 2.45) is 0 Å². The van der Waals surface area contributed by atoms with Crippen molar-refractivity contribution in [3.63, 3.8) is 0 Å². The highest BCUT2D eigenvalue weighted by molar-refractivity contribution is 9.09. The highest BCUT2D eigenvalue weighted by Gasteiger charge is 2.37. The molecule has 2 aromatic rings. The lowest BCUT2D eigenvalue weighted by Crippen LogP contribution is -2.41. The predicted octanol–water partition coefficient (Wildman–Crippen LogP) is 8.22. The zero-order valence-corrected chi connectivity index (χ0v) is 32.0. The normalized spacial score (nSPS) is 12.1. The van der Waals surface area contributed by atoms with Gasteiger partial charge < -0.3 is 28.9 Å². The molecule has 0 atom stereocenters. The fourth-order valence-electron chi connectivity index (χ4n) is 2.90. The first-order valence-corrected chi connectivity index (χ1v) is 22.1. The van der Waals surface area contributed by atoms with Crippen LogP contribution in [-0.2, 0) is 22.1 Å². The predicted molar refractivity (Wildman–Crippen MR) is 186 cm³/mol. The van der Waals surface area contributed by atoms with Gasteiger partial charge in [0.25, 0.3) is 0 Å². The van der Waals surface area contributed by atoms with Crippen LogP contribution < -0.4 is 4.74 Å². The molecule has 0 amide bonds. The van der Waals surface area contributed by atoms with E-state index < -0.39 is 16.6 Å². The summed E-state index contributed by atoms with van der Waals surface area (Å²) in [5.74, 6) is 0.713. The van der Waals surface area contributed by atoms with Crippen molar-refractivity contribution in [2.75, 3.05) is 25.2 Å². The molecule has 0 fully saturated rings. The fraction of sp³-hybridized carbons (Fsp3) is 0.688. The molecule has 0 aromatic carbocycles. The molecule has 0 bridgehead atoms. The molecule has 43 heavy (non-hydrogen) atoms. The standard InChI is InChI=1S/C16H29NO3Si.C10H23BrOSi.C6H7NO2/c1-16(2,3)21(4,5)20-12-7-6-11-19-15-9-8-10-17-14(15)13-18;1-10(2,3)13(4,5)12-9-7-6-8-11;8-4-5-6(9)2-1-3-7-5/h8-10,18H,6-7,11-13H2,1-5H3;6-9H2,1-5H3;1-3,8-9H,4H2. The third kappa shape index (κ3) is 17.1. The lowest BCUT2D eigenvalue weighted by atomic mass is 10.2. The van der Waals surface area contributed by atoms with E-state index in [4.69, 9.17) is 28.9 Å². The van der Waals surface area contributed by atoms with Crippen molar-refractivity contribution < 1.29 is 28.9 Å². The molecule has 0 saturated heterocycles. The van der Waals surface area contributed by atoms with Crippen LogP contribution in [0.4, 0.5) is 0 Å². The van der Waals surface area contributed by atoms with Gasteiger partial charge in [-0.25, -0.2) is 0 Å². The summed E-state index contributed by atoms with van der Waals surface area (Å²) in [4.78, 5) is 7.77. The number of halogens is 1. The third-order valence-electron chi connectivity index (χ3n) is 7.88. The van der Waals surface area contributed by atoms with Crippen LogP contribution in [0.3, 0.4) is 0 Å². The molecule has 248 valence electrons. The summed E-state index contributed by atoms with van der Waals surface area (Å²) < 4.78 is 17.8. The van der Waals surface area contributed by atoms with Crippen LogP contribution in [0.15, 0.2) is 36.7 Å². The molecule has 0 aliphatic heterocycles. The van der Waals surface area contributed by atoms with Crippen LogP contribution in [0, 0.1) is 0 Å². The first-order valence-electron chi connectivity index (χ1n) is 15.2. The first-order chi connectivity index (χ1) is 19.9. The largest absolute Gasteiger partial charge is 0.506 e. The Bertz CT molecular complexity index is 1010. The number of aliphatic hydroxyl groups excluding tert-OH is 2. The molecule has 0 aliphatic carbocycles. The summed E-state index contributed by atoms with van der Waals surface area (Å²) in [6, 6.07) is 6.74. The quantitative estimate of drug-likeness (QED) is 0.103. The molecule has 0 spiro atoms. The second-order valence-corrected chi connectivity index (χ2v) is 23.8. The Kier molecular flexibility index (Phi) is 20.0. The Labute approximate surface area is 272 Å². The van der Waals surface area contributed by atoms with Crippen molar-refractivity contribution in [2.45, 2.75) is 117 Å². The van der Waals surface area contributed by atoms with E-state index in [1.165, 1.54) is 25.1 Å². The molecule has 2 aromatic heterocycles. The average molecular weight is 704 g/mol. The molecule has 11 heteroatoms. The van der Waals surface area contributed by atoms with Crippen LogP contribution in [-0.4, -0.2) is 67.1 Å². The van der Waals surface area contributed by atoms with Gasteiger partial charge in [0, 0.05) is 30.9 Å². The van der Waals surface area contributed by atoms with Gasteiger partial charge in [-0.2, -0.15) is 0 Å². The van der Waals surface area contributed by atoms with E-state index in [0.29, 0.717) is 28.8 Å². The molecular weight excluding hydrogens is 644 g/mol. The Hall–Kier alpha value is -1.35. The molecule has 0 aliphatic rings. The Balaban J connectivity index is 0.000000680. The number of ether oxygens (including phenoxy) is 1. The summed E-state index contributed by atoms with van der Waals surface area (Å²) in [6.45, 7) is 24.8. The van der Waals surface area contributed by atoms with E-state index in [1.807, 2.05) is 12.1 Å². The van der Waals surface area contributed by atoms with Crippen LogP contribution in [0.5, 0.6) is 11.5 Å². The fourth-order valence-corrected chi connectivity index (χ4v) is 5.47. The summed E-state index contributed by atoms with van der Waals surface area (Å²) in [6.07, 6.45) is 7.50. The number of alkyl halides is 1. The molecule has 0 unspecified atom stereocenters. The summed E-state index contributed by atoms with van der Waals surface area (Å²) in [5.41, 5.74) is 0.910. The van der Waals surface area contributed by atoms with Crippen molar-refractivity contribution >= 4 is 32.6 Å². The third-order valence-corrected chi connectivity index (χ3v) is 17.5. The van der Waals surface area contributed by atoms with Gasteiger partial charge >= 0.3 is 0 Å². The van der Waals surface area contributed by atoms with Crippen LogP contribution in [0.25, 0.3) is 0 Å². The van der Waals surface area contributed by atoms with Crippen molar-refractivity contribution in [3.05, 3.63) is 48.0 Å². The molecular formula is C32H59BrN2O6Si2. The van der Waals surface area contributed by atoms with Gasteiger partial charge in [-0.3, -0.25) is 9.97 Å². The second kappa shape index (κ2) is 20.6. The zero-order valence-electron chi connectivity index (χ0n) is 28.4. The number of hydrogen-bond acceptors (Lipinski definition) is 8. The van der Waals surface area contributed by atoms with Crippen molar-refractivity contribution in [1.29, 1.82) is 0 Å². The van der Waals surface area contributed by atoms with Crippen LogP contribution in [0.1, 0.15) is 78.6 Å². The number of pyridine rings is 2. The Morgan fingerprint density at radius 1 is 0.698 bits per heavy atom.